The van der Waals surface area contributed by atoms with E-state index in [0.29, 0.717) is 32.3 Å². The van der Waals surface area contributed by atoms with Crippen LogP contribution in [0.4, 0.5) is 11.5 Å². The second kappa shape index (κ2) is 13.9. The highest BCUT2D eigenvalue weighted by Gasteiger charge is 2.26. The normalized spacial score (nSPS) is 15.5. The van der Waals surface area contributed by atoms with Gasteiger partial charge in [0.25, 0.3) is 0 Å². The van der Waals surface area contributed by atoms with Gasteiger partial charge in [-0.05, 0) is 80.0 Å². The Hall–Kier alpha value is -4.09. The molecule has 3 N–H and O–H groups in total. The molecule has 0 saturated heterocycles. The van der Waals surface area contributed by atoms with Crippen molar-refractivity contribution in [3.05, 3.63) is 72.9 Å². The van der Waals surface area contributed by atoms with Crippen molar-refractivity contribution in [3.8, 4) is 17.1 Å². The van der Waals surface area contributed by atoms with Gasteiger partial charge >= 0.3 is 0 Å². The van der Waals surface area contributed by atoms with E-state index in [2.05, 4.69) is 50.0 Å². The number of methoxy groups -OCH3 is 1. The van der Waals surface area contributed by atoms with E-state index in [1.54, 1.807) is 7.11 Å². The van der Waals surface area contributed by atoms with Crippen LogP contribution in [0.3, 0.4) is 0 Å². The molecule has 0 amide bonds. The summed E-state index contributed by atoms with van der Waals surface area (Å²) in [5.74, 6) is 3.67. The number of fused-ring (bicyclic) bond motifs is 2. The second-order valence-electron chi connectivity index (χ2n) is 12.0. The summed E-state index contributed by atoms with van der Waals surface area (Å²) in [5, 5.41) is 16.3. The van der Waals surface area contributed by atoms with Gasteiger partial charge in [-0.1, -0.05) is 24.3 Å². The maximum Gasteiger partial charge on any atom is 0.165 e. The number of aromatic nitrogens is 4. The number of H-pyrrole nitrogens is 1. The third-order valence-corrected chi connectivity index (χ3v) is 8.49. The van der Waals surface area contributed by atoms with Crippen molar-refractivity contribution in [1.82, 2.24) is 30.8 Å². The fourth-order valence-electron chi connectivity index (χ4n) is 5.52. The summed E-state index contributed by atoms with van der Waals surface area (Å²) in [6, 6.07) is 22.4. The lowest BCUT2D eigenvalue weighted by Gasteiger charge is -2.30. The molecule has 2 heterocycles. The average molecular weight is 608 g/mol. The maximum atomic E-state index is 6.22. The van der Waals surface area contributed by atoms with Crippen molar-refractivity contribution in [2.75, 3.05) is 51.6 Å². The number of nitrogens with one attached hydrogen (secondary N) is 3. The molecular formula is C35H41N7O3. The minimum absolute atomic E-state index is 0.197. The largest absolute Gasteiger partial charge is 0.490 e. The number of ether oxygens (including phenoxy) is 3. The minimum atomic E-state index is -0.197. The first-order valence-corrected chi connectivity index (χ1v) is 16.0. The van der Waals surface area contributed by atoms with Crippen LogP contribution in [0, 0.1) is 11.8 Å². The summed E-state index contributed by atoms with van der Waals surface area (Å²) in [6.45, 7) is 3.98. The quantitative estimate of drug-likeness (QED) is 0.0915. The molecule has 2 aliphatic rings. The Morgan fingerprint density at radius 1 is 0.933 bits per heavy atom. The lowest BCUT2D eigenvalue weighted by Crippen LogP contribution is -2.42. The number of hydrogen-bond donors (Lipinski definition) is 3. The van der Waals surface area contributed by atoms with E-state index in [1.807, 2.05) is 48.7 Å². The van der Waals surface area contributed by atoms with Crippen LogP contribution < -0.4 is 20.3 Å². The molecule has 1 atom stereocenters. The van der Waals surface area contributed by atoms with Gasteiger partial charge in [0, 0.05) is 36.7 Å². The van der Waals surface area contributed by atoms with Crippen LogP contribution >= 0.6 is 0 Å². The molecular weight excluding hydrogens is 566 g/mol. The fourth-order valence-corrected chi connectivity index (χ4v) is 5.52. The molecule has 0 spiro atoms. The minimum Gasteiger partial charge on any atom is -0.490 e. The molecule has 2 fully saturated rings. The molecule has 5 aromatic rings. The van der Waals surface area contributed by atoms with E-state index >= 15 is 0 Å². The molecule has 2 aliphatic carbocycles. The third kappa shape index (κ3) is 7.42. The van der Waals surface area contributed by atoms with Crippen LogP contribution in [0.2, 0.25) is 0 Å². The first-order chi connectivity index (χ1) is 22.2. The molecule has 2 aromatic heterocycles. The zero-order valence-electron chi connectivity index (χ0n) is 25.7. The number of para-hydroxylation sites is 2. The van der Waals surface area contributed by atoms with E-state index in [-0.39, 0.29) is 6.23 Å². The maximum absolute atomic E-state index is 6.22. The van der Waals surface area contributed by atoms with Crippen LogP contribution in [0.5, 0.6) is 5.75 Å². The topological polar surface area (TPSA) is 109 Å². The number of anilines is 2. The molecule has 0 bridgehead atoms. The van der Waals surface area contributed by atoms with Crippen LogP contribution in [0.15, 0.2) is 72.9 Å². The Bertz CT molecular complexity index is 1720. The lowest BCUT2D eigenvalue weighted by atomic mass is 10.1. The number of rotatable bonds is 17. The molecule has 0 radical (unpaired) electrons. The Kier molecular flexibility index (Phi) is 9.15. The van der Waals surface area contributed by atoms with Gasteiger partial charge in [0.05, 0.1) is 42.7 Å². The third-order valence-electron chi connectivity index (χ3n) is 8.49. The standard InChI is InChI=1S/C35H41N7O3/c1-43-33(37-20-25-12-13-25)22-42(27-14-15-30-26(18-27)21-38-41-30)35-28-6-2-4-8-31(28)39-34(40-35)29-7-3-5-9-32(29)45-17-16-44-23-36-19-24-10-11-24/h2-9,14-15,18,21,24-25,33,36-37H,10-13,16-17,19-20,22-23H2,1H3,(H,38,41). The first-order valence-electron chi connectivity index (χ1n) is 16.0. The van der Waals surface area contributed by atoms with Crippen molar-refractivity contribution in [1.29, 1.82) is 0 Å². The van der Waals surface area contributed by atoms with Crippen molar-refractivity contribution in [3.63, 3.8) is 0 Å². The number of hydrogen-bond acceptors (Lipinski definition) is 9. The second-order valence-corrected chi connectivity index (χ2v) is 12.0. The van der Waals surface area contributed by atoms with Gasteiger partial charge < -0.3 is 19.1 Å². The van der Waals surface area contributed by atoms with Crippen LogP contribution in [0.25, 0.3) is 33.2 Å². The van der Waals surface area contributed by atoms with Gasteiger partial charge in [0.2, 0.25) is 0 Å². The van der Waals surface area contributed by atoms with Crippen LogP contribution in [-0.4, -0.2) is 73.1 Å². The Balaban J connectivity index is 1.20. The Labute approximate surface area is 263 Å². The highest BCUT2D eigenvalue weighted by atomic mass is 16.5. The summed E-state index contributed by atoms with van der Waals surface area (Å²) in [6.07, 6.45) is 6.85. The molecule has 3 aromatic carbocycles. The molecule has 7 rings (SSSR count). The van der Waals surface area contributed by atoms with Crippen LogP contribution in [0.1, 0.15) is 25.7 Å². The summed E-state index contributed by atoms with van der Waals surface area (Å²) in [7, 11) is 1.76. The van der Waals surface area contributed by atoms with Gasteiger partial charge in [-0.15, -0.1) is 0 Å². The van der Waals surface area contributed by atoms with Crippen LogP contribution in [-0.2, 0) is 9.47 Å². The van der Waals surface area contributed by atoms with E-state index in [9.17, 15) is 0 Å². The van der Waals surface area contributed by atoms with Gasteiger partial charge in [-0.2, -0.15) is 5.10 Å². The average Bonchev–Trinajstić information content (AvgIpc) is 4.02. The monoisotopic (exact) mass is 607 g/mol. The van der Waals surface area contributed by atoms with E-state index < -0.39 is 0 Å². The van der Waals surface area contributed by atoms with Gasteiger partial charge in [-0.3, -0.25) is 15.7 Å². The fraction of sp³-hybridized carbons (Fsp3) is 0.400. The summed E-state index contributed by atoms with van der Waals surface area (Å²) >= 11 is 0. The van der Waals surface area contributed by atoms with Gasteiger partial charge in [-0.25, -0.2) is 9.97 Å². The van der Waals surface area contributed by atoms with Crippen molar-refractivity contribution in [2.24, 2.45) is 11.8 Å². The predicted molar refractivity (Wildman–Crippen MR) is 177 cm³/mol. The SMILES string of the molecule is COC(CN(c1ccc2[nH]ncc2c1)c1nc(-c2ccccc2OCCOCNCC2CC2)nc2ccccc12)NCC1CC1. The summed E-state index contributed by atoms with van der Waals surface area (Å²) in [5.41, 5.74) is 3.66. The molecule has 45 heavy (non-hydrogen) atoms. The zero-order chi connectivity index (χ0) is 30.4. The lowest BCUT2D eigenvalue weighted by molar-refractivity contribution is 0.0799. The highest BCUT2D eigenvalue weighted by molar-refractivity contribution is 5.94. The number of benzene rings is 3. The highest BCUT2D eigenvalue weighted by Crippen LogP contribution is 2.36. The van der Waals surface area contributed by atoms with Crippen molar-refractivity contribution in [2.45, 2.75) is 31.9 Å². The molecule has 10 heteroatoms. The van der Waals surface area contributed by atoms with Crippen molar-refractivity contribution < 1.29 is 14.2 Å². The number of nitrogens with zero attached hydrogens (tertiary/aromatic N) is 4. The molecule has 10 nitrogen and oxygen atoms in total. The van der Waals surface area contributed by atoms with E-state index in [1.165, 1.54) is 25.7 Å². The zero-order valence-corrected chi connectivity index (χ0v) is 25.7. The first kappa shape index (κ1) is 29.6. The smallest absolute Gasteiger partial charge is 0.165 e. The van der Waals surface area contributed by atoms with Gasteiger partial charge in [0.1, 0.15) is 24.4 Å². The van der Waals surface area contributed by atoms with Crippen molar-refractivity contribution >= 4 is 33.3 Å². The predicted octanol–water partition coefficient (Wildman–Crippen LogP) is 5.64. The van der Waals surface area contributed by atoms with Gasteiger partial charge in [0.15, 0.2) is 5.82 Å². The van der Waals surface area contributed by atoms with E-state index in [0.717, 1.165) is 69.5 Å². The summed E-state index contributed by atoms with van der Waals surface area (Å²) in [4.78, 5) is 12.5. The molecule has 1 unspecified atom stereocenters. The summed E-state index contributed by atoms with van der Waals surface area (Å²) < 4.78 is 17.9. The van der Waals surface area contributed by atoms with E-state index in [4.69, 9.17) is 24.2 Å². The molecule has 0 aliphatic heterocycles. The number of aromatic amines is 1. The molecule has 2 saturated carbocycles. The Morgan fingerprint density at radius 3 is 2.62 bits per heavy atom. The Morgan fingerprint density at radius 2 is 1.76 bits per heavy atom. The molecule has 234 valence electrons.